The smallest absolute Gasteiger partial charge is 0.0639 e. The molecule has 0 spiro atoms. The van der Waals surface area contributed by atoms with Crippen LogP contribution in [0.25, 0.3) is 0 Å². The molecular formula is C14H24N2O. The molecule has 0 aliphatic rings. The van der Waals surface area contributed by atoms with Crippen LogP contribution >= 0.6 is 0 Å². The van der Waals surface area contributed by atoms with Gasteiger partial charge in [0.25, 0.3) is 0 Å². The molecule has 0 aliphatic heterocycles. The molecule has 0 saturated heterocycles. The lowest BCUT2D eigenvalue weighted by Crippen LogP contribution is -2.11. The first-order valence-electron chi connectivity index (χ1n) is 6.27. The van der Waals surface area contributed by atoms with E-state index in [1.54, 1.807) is 0 Å². The van der Waals surface area contributed by atoms with Crippen LogP contribution in [0.2, 0.25) is 0 Å². The Bertz CT molecular complexity index is 337. The van der Waals surface area contributed by atoms with Gasteiger partial charge in [0.2, 0.25) is 0 Å². The van der Waals surface area contributed by atoms with Gasteiger partial charge in [-0.1, -0.05) is 13.8 Å². The van der Waals surface area contributed by atoms with E-state index in [2.05, 4.69) is 26.1 Å². The average Bonchev–Trinajstić information content (AvgIpc) is 2.25. The van der Waals surface area contributed by atoms with Gasteiger partial charge >= 0.3 is 0 Å². The molecule has 3 nitrogen and oxygen atoms in total. The van der Waals surface area contributed by atoms with E-state index in [0.717, 1.165) is 37.6 Å². The summed E-state index contributed by atoms with van der Waals surface area (Å²) in [6, 6.07) is 5.90. The normalized spacial score (nSPS) is 10.8. The van der Waals surface area contributed by atoms with Gasteiger partial charge in [0, 0.05) is 24.5 Å². The van der Waals surface area contributed by atoms with Crippen LogP contribution in [-0.4, -0.2) is 19.8 Å². The van der Waals surface area contributed by atoms with Crippen molar-refractivity contribution in [3.63, 3.8) is 0 Å². The molecule has 17 heavy (non-hydrogen) atoms. The summed E-state index contributed by atoms with van der Waals surface area (Å²) in [7, 11) is 0. The largest absolute Gasteiger partial charge is 0.399 e. The van der Waals surface area contributed by atoms with Gasteiger partial charge in [-0.2, -0.15) is 0 Å². The first kappa shape index (κ1) is 13.8. The first-order valence-corrected chi connectivity index (χ1v) is 6.27. The van der Waals surface area contributed by atoms with Crippen LogP contribution in [0, 0.1) is 12.8 Å². The summed E-state index contributed by atoms with van der Waals surface area (Å²) in [5, 5.41) is 3.35. The molecule has 0 fully saturated rings. The van der Waals surface area contributed by atoms with Gasteiger partial charge in [-0.3, -0.25) is 0 Å². The third kappa shape index (κ3) is 5.59. The Morgan fingerprint density at radius 3 is 2.71 bits per heavy atom. The molecule has 0 saturated carbocycles. The number of hydrogen-bond donors (Lipinski definition) is 2. The van der Waals surface area contributed by atoms with Crippen molar-refractivity contribution >= 4 is 11.4 Å². The van der Waals surface area contributed by atoms with Gasteiger partial charge < -0.3 is 15.8 Å². The monoisotopic (exact) mass is 236 g/mol. The third-order valence-corrected chi connectivity index (χ3v) is 2.65. The Labute approximate surface area is 104 Å². The number of anilines is 2. The van der Waals surface area contributed by atoms with Crippen LogP contribution in [-0.2, 0) is 4.74 Å². The van der Waals surface area contributed by atoms with E-state index in [9.17, 15) is 0 Å². The van der Waals surface area contributed by atoms with E-state index >= 15 is 0 Å². The molecule has 96 valence electrons. The highest BCUT2D eigenvalue weighted by atomic mass is 16.5. The lowest BCUT2D eigenvalue weighted by Gasteiger charge is -2.11. The van der Waals surface area contributed by atoms with Crippen molar-refractivity contribution in [1.29, 1.82) is 0 Å². The zero-order valence-corrected chi connectivity index (χ0v) is 11.1. The van der Waals surface area contributed by atoms with Gasteiger partial charge in [-0.25, -0.2) is 0 Å². The summed E-state index contributed by atoms with van der Waals surface area (Å²) < 4.78 is 5.54. The number of nitrogens with one attached hydrogen (secondary N) is 1. The molecule has 0 aliphatic carbocycles. The number of rotatable bonds is 7. The highest BCUT2D eigenvalue weighted by molar-refractivity contribution is 5.57. The number of ether oxygens (including phenoxy) is 1. The first-order chi connectivity index (χ1) is 8.09. The van der Waals surface area contributed by atoms with Gasteiger partial charge in [0.05, 0.1) is 6.61 Å². The minimum Gasteiger partial charge on any atom is -0.399 e. The fourth-order valence-electron chi connectivity index (χ4n) is 1.56. The predicted octanol–water partition coefficient (Wildman–Crippen LogP) is 3.05. The molecule has 3 heteroatoms. The summed E-state index contributed by atoms with van der Waals surface area (Å²) >= 11 is 0. The van der Waals surface area contributed by atoms with Gasteiger partial charge in [-0.05, 0) is 43.0 Å². The topological polar surface area (TPSA) is 47.3 Å². The molecule has 1 rings (SSSR count). The highest BCUT2D eigenvalue weighted by Gasteiger charge is 1.98. The van der Waals surface area contributed by atoms with Crippen LogP contribution < -0.4 is 11.1 Å². The van der Waals surface area contributed by atoms with Crippen molar-refractivity contribution in [2.24, 2.45) is 5.92 Å². The molecule has 0 radical (unpaired) electrons. The second-order valence-electron chi connectivity index (χ2n) is 4.80. The maximum Gasteiger partial charge on any atom is 0.0639 e. The Balaban J connectivity index is 2.18. The second-order valence-corrected chi connectivity index (χ2v) is 4.80. The quantitative estimate of drug-likeness (QED) is 0.565. The van der Waals surface area contributed by atoms with Crippen molar-refractivity contribution in [1.82, 2.24) is 0 Å². The SMILES string of the molecule is Cc1cc(N)ccc1NCCOCCC(C)C. The zero-order valence-electron chi connectivity index (χ0n) is 11.1. The summed E-state index contributed by atoms with van der Waals surface area (Å²) in [5.41, 5.74) is 8.81. The van der Waals surface area contributed by atoms with Gasteiger partial charge in [0.15, 0.2) is 0 Å². The van der Waals surface area contributed by atoms with Crippen molar-refractivity contribution in [2.45, 2.75) is 27.2 Å². The third-order valence-electron chi connectivity index (χ3n) is 2.65. The Hall–Kier alpha value is -1.22. The maximum absolute atomic E-state index is 5.70. The summed E-state index contributed by atoms with van der Waals surface area (Å²) in [4.78, 5) is 0. The molecule has 1 aromatic rings. The van der Waals surface area contributed by atoms with Gasteiger partial charge in [-0.15, -0.1) is 0 Å². The minimum absolute atomic E-state index is 0.710. The number of hydrogen-bond acceptors (Lipinski definition) is 3. The van der Waals surface area contributed by atoms with Crippen LogP contribution in [0.5, 0.6) is 0 Å². The summed E-state index contributed by atoms with van der Waals surface area (Å²) in [6.07, 6.45) is 1.13. The lowest BCUT2D eigenvalue weighted by atomic mass is 10.1. The molecule has 0 unspecified atom stereocenters. The van der Waals surface area contributed by atoms with E-state index < -0.39 is 0 Å². The van der Waals surface area contributed by atoms with E-state index in [1.165, 1.54) is 5.56 Å². The molecule has 0 heterocycles. The van der Waals surface area contributed by atoms with Crippen molar-refractivity contribution < 1.29 is 4.74 Å². The van der Waals surface area contributed by atoms with Crippen molar-refractivity contribution in [3.05, 3.63) is 23.8 Å². The van der Waals surface area contributed by atoms with Crippen LogP contribution in [0.3, 0.4) is 0 Å². The zero-order chi connectivity index (χ0) is 12.7. The minimum atomic E-state index is 0.710. The fraction of sp³-hybridized carbons (Fsp3) is 0.571. The molecule has 0 amide bonds. The molecule has 0 atom stereocenters. The summed E-state index contributed by atoms with van der Waals surface area (Å²) in [6.45, 7) is 8.90. The van der Waals surface area contributed by atoms with Crippen LogP contribution in [0.1, 0.15) is 25.8 Å². The molecule has 0 bridgehead atoms. The molecule has 0 aromatic heterocycles. The maximum atomic E-state index is 5.70. The standard InChI is InChI=1S/C14H24N2O/c1-11(2)6-8-17-9-7-16-14-5-4-13(15)10-12(14)3/h4-5,10-11,16H,6-9,15H2,1-3H3. The number of benzene rings is 1. The summed E-state index contributed by atoms with van der Waals surface area (Å²) in [5.74, 6) is 0.710. The van der Waals surface area contributed by atoms with Crippen molar-refractivity contribution in [3.8, 4) is 0 Å². The number of nitrogen functional groups attached to an aromatic ring is 1. The molecule has 1 aromatic carbocycles. The predicted molar refractivity (Wildman–Crippen MR) is 74.4 cm³/mol. The van der Waals surface area contributed by atoms with E-state index in [1.807, 2.05) is 18.2 Å². The molecule has 3 N–H and O–H groups in total. The lowest BCUT2D eigenvalue weighted by molar-refractivity contribution is 0.132. The Kier molecular flexibility index (Phi) is 5.84. The van der Waals surface area contributed by atoms with Crippen LogP contribution in [0.4, 0.5) is 11.4 Å². The number of nitrogens with two attached hydrogens (primary N) is 1. The Morgan fingerprint density at radius 1 is 1.29 bits per heavy atom. The average molecular weight is 236 g/mol. The van der Waals surface area contributed by atoms with Crippen molar-refractivity contribution in [2.75, 3.05) is 30.8 Å². The van der Waals surface area contributed by atoms with E-state index in [4.69, 9.17) is 10.5 Å². The van der Waals surface area contributed by atoms with Crippen LogP contribution in [0.15, 0.2) is 18.2 Å². The number of aryl methyl sites for hydroxylation is 1. The Morgan fingerprint density at radius 2 is 2.06 bits per heavy atom. The fourth-order valence-corrected chi connectivity index (χ4v) is 1.56. The highest BCUT2D eigenvalue weighted by Crippen LogP contribution is 2.17. The van der Waals surface area contributed by atoms with E-state index in [0.29, 0.717) is 5.92 Å². The molecular weight excluding hydrogens is 212 g/mol. The van der Waals surface area contributed by atoms with E-state index in [-0.39, 0.29) is 0 Å². The van der Waals surface area contributed by atoms with Gasteiger partial charge in [0.1, 0.15) is 0 Å². The second kappa shape index (κ2) is 7.17.